The molecule has 0 unspecified atom stereocenters. The van der Waals surface area contributed by atoms with Crippen molar-refractivity contribution in [1.82, 2.24) is 0 Å². The van der Waals surface area contributed by atoms with Crippen LogP contribution in [0.15, 0.2) is 72.8 Å². The molecule has 1 spiro atoms. The Labute approximate surface area is 206 Å². The Morgan fingerprint density at radius 2 is 0.971 bits per heavy atom. The smallest absolute Gasteiger partial charge is 0.178 e. The molecule has 1 fully saturated rings. The van der Waals surface area contributed by atoms with E-state index in [-0.39, 0.29) is 30.2 Å². The second-order valence-electron chi connectivity index (χ2n) is 10.1. The van der Waals surface area contributed by atoms with Gasteiger partial charge in [0.15, 0.2) is 11.6 Å². The van der Waals surface area contributed by atoms with Crippen molar-refractivity contribution < 1.29 is 14.4 Å². The van der Waals surface area contributed by atoms with E-state index in [0.717, 1.165) is 22.5 Å². The lowest BCUT2D eigenvalue weighted by Crippen LogP contribution is -2.49. The molecule has 5 nitrogen and oxygen atoms in total. The summed E-state index contributed by atoms with van der Waals surface area (Å²) in [5.74, 6) is -1.28. The maximum absolute atomic E-state index is 14.3. The Hall–Kier alpha value is -3.73. The maximum Gasteiger partial charge on any atom is 0.178 e. The van der Waals surface area contributed by atoms with Crippen LogP contribution in [0, 0.1) is 5.41 Å². The standard InChI is InChI=1S/C30H30N2O3/c1-31(2)21-13-9-19(10-14-21)26-17-23(33)18-27(20-11-15-22(16-12-20)32(3)4)30(26)28(34)24-7-5-6-8-25(24)29(30)35/h5-16,26-27H,17-18H2,1-4H3/t26-,27+. The molecule has 0 aliphatic heterocycles. The van der Waals surface area contributed by atoms with Crippen LogP contribution in [0.2, 0.25) is 0 Å². The van der Waals surface area contributed by atoms with Gasteiger partial charge in [0.05, 0.1) is 0 Å². The van der Waals surface area contributed by atoms with E-state index in [1.54, 1.807) is 24.3 Å². The average Bonchev–Trinajstić information content (AvgIpc) is 3.08. The second kappa shape index (κ2) is 8.49. The molecule has 5 rings (SSSR count). The molecule has 0 aromatic heterocycles. The molecular formula is C30H30N2O3. The van der Waals surface area contributed by atoms with Crippen LogP contribution in [0.4, 0.5) is 11.4 Å². The zero-order valence-electron chi connectivity index (χ0n) is 20.6. The topological polar surface area (TPSA) is 57.7 Å². The highest BCUT2D eigenvalue weighted by atomic mass is 16.2. The molecule has 35 heavy (non-hydrogen) atoms. The third kappa shape index (κ3) is 3.49. The van der Waals surface area contributed by atoms with E-state index in [1.807, 2.05) is 86.5 Å². The van der Waals surface area contributed by atoms with Gasteiger partial charge in [-0.25, -0.2) is 0 Å². The summed E-state index contributed by atoms with van der Waals surface area (Å²) in [5, 5.41) is 0. The largest absolute Gasteiger partial charge is 0.378 e. The van der Waals surface area contributed by atoms with E-state index in [2.05, 4.69) is 0 Å². The summed E-state index contributed by atoms with van der Waals surface area (Å²) >= 11 is 0. The minimum absolute atomic E-state index is 0.0792. The number of anilines is 2. The summed E-state index contributed by atoms with van der Waals surface area (Å²) in [7, 11) is 7.87. The number of hydrogen-bond acceptors (Lipinski definition) is 5. The molecule has 1 saturated carbocycles. The van der Waals surface area contributed by atoms with Crippen molar-refractivity contribution in [3.05, 3.63) is 95.1 Å². The molecule has 2 aliphatic rings. The van der Waals surface area contributed by atoms with Gasteiger partial charge in [-0.15, -0.1) is 0 Å². The molecule has 0 N–H and O–H groups in total. The van der Waals surface area contributed by atoms with Crippen LogP contribution in [0.25, 0.3) is 0 Å². The monoisotopic (exact) mass is 466 g/mol. The molecule has 2 atom stereocenters. The fourth-order valence-corrected chi connectivity index (χ4v) is 5.94. The number of benzene rings is 3. The third-order valence-electron chi connectivity index (χ3n) is 7.75. The highest BCUT2D eigenvalue weighted by molar-refractivity contribution is 6.31. The van der Waals surface area contributed by atoms with Crippen molar-refractivity contribution >= 4 is 28.7 Å². The van der Waals surface area contributed by atoms with Crippen molar-refractivity contribution in [3.63, 3.8) is 0 Å². The number of nitrogens with zero attached hydrogens (tertiary/aromatic N) is 2. The molecule has 0 saturated heterocycles. The lowest BCUT2D eigenvalue weighted by atomic mass is 9.54. The van der Waals surface area contributed by atoms with Crippen LogP contribution in [0.5, 0.6) is 0 Å². The minimum Gasteiger partial charge on any atom is -0.378 e. The van der Waals surface area contributed by atoms with Crippen molar-refractivity contribution in [1.29, 1.82) is 0 Å². The molecule has 0 heterocycles. The number of carbonyl (C=O) groups excluding carboxylic acids is 3. The van der Waals surface area contributed by atoms with Gasteiger partial charge < -0.3 is 9.80 Å². The number of rotatable bonds is 4. The Morgan fingerprint density at radius 3 is 1.31 bits per heavy atom. The average molecular weight is 467 g/mol. The van der Waals surface area contributed by atoms with E-state index < -0.39 is 17.3 Å². The summed E-state index contributed by atoms with van der Waals surface area (Å²) in [5.41, 5.74) is 3.35. The normalized spacial score (nSPS) is 20.7. The quantitative estimate of drug-likeness (QED) is 0.500. The zero-order valence-corrected chi connectivity index (χ0v) is 20.6. The van der Waals surface area contributed by atoms with Crippen LogP contribution in [-0.2, 0) is 4.79 Å². The van der Waals surface area contributed by atoms with E-state index in [1.165, 1.54) is 0 Å². The molecule has 178 valence electrons. The number of hydrogen-bond donors (Lipinski definition) is 0. The lowest BCUT2D eigenvalue weighted by Gasteiger charge is -2.45. The third-order valence-corrected chi connectivity index (χ3v) is 7.75. The van der Waals surface area contributed by atoms with Gasteiger partial charge in [0.25, 0.3) is 0 Å². The van der Waals surface area contributed by atoms with E-state index in [4.69, 9.17) is 0 Å². The Balaban J connectivity index is 1.71. The van der Waals surface area contributed by atoms with Gasteiger partial charge in [0.2, 0.25) is 0 Å². The highest BCUT2D eigenvalue weighted by Gasteiger charge is 2.64. The summed E-state index contributed by atoms with van der Waals surface area (Å²) in [6, 6.07) is 22.9. The van der Waals surface area contributed by atoms with Crippen molar-refractivity contribution in [2.45, 2.75) is 24.7 Å². The van der Waals surface area contributed by atoms with E-state index in [0.29, 0.717) is 11.1 Å². The molecule has 3 aromatic rings. The fourth-order valence-electron chi connectivity index (χ4n) is 5.94. The zero-order chi connectivity index (χ0) is 24.9. The first-order valence-corrected chi connectivity index (χ1v) is 12.0. The molecular weight excluding hydrogens is 436 g/mol. The van der Waals surface area contributed by atoms with Crippen LogP contribution < -0.4 is 9.80 Å². The van der Waals surface area contributed by atoms with Gasteiger partial charge in [0.1, 0.15) is 11.2 Å². The summed E-state index contributed by atoms with van der Waals surface area (Å²) in [6.07, 6.45) is 0.359. The van der Waals surface area contributed by atoms with Crippen molar-refractivity contribution in [3.8, 4) is 0 Å². The van der Waals surface area contributed by atoms with Gasteiger partial charge in [0, 0.05) is 75.4 Å². The van der Waals surface area contributed by atoms with Crippen LogP contribution in [0.1, 0.15) is 56.5 Å². The predicted octanol–water partition coefficient (Wildman–Crippen LogP) is 5.11. The van der Waals surface area contributed by atoms with Gasteiger partial charge in [-0.3, -0.25) is 14.4 Å². The van der Waals surface area contributed by atoms with E-state index in [9.17, 15) is 14.4 Å². The molecule has 0 radical (unpaired) electrons. The van der Waals surface area contributed by atoms with E-state index >= 15 is 0 Å². The maximum atomic E-state index is 14.3. The Bertz CT molecular complexity index is 1210. The molecule has 0 amide bonds. The molecule has 5 heteroatoms. The first-order chi connectivity index (χ1) is 16.7. The van der Waals surface area contributed by atoms with Crippen LogP contribution in [0.3, 0.4) is 0 Å². The molecule has 3 aromatic carbocycles. The Kier molecular flexibility index (Phi) is 5.59. The van der Waals surface area contributed by atoms with Crippen molar-refractivity contribution in [2.24, 2.45) is 5.41 Å². The highest BCUT2D eigenvalue weighted by Crippen LogP contribution is 2.60. The number of carbonyl (C=O) groups is 3. The van der Waals surface area contributed by atoms with Gasteiger partial charge in [-0.1, -0.05) is 48.5 Å². The molecule has 0 bridgehead atoms. The lowest BCUT2D eigenvalue weighted by molar-refractivity contribution is -0.122. The number of Topliss-reactive ketones (excluding diaryl/α,β-unsaturated/α-hetero) is 3. The predicted molar refractivity (Wildman–Crippen MR) is 139 cm³/mol. The summed E-state index contributed by atoms with van der Waals surface area (Å²) in [4.78, 5) is 45.7. The SMILES string of the molecule is CN(C)c1ccc([C@H]2CC(=O)C[C@@H](c3ccc(N(C)C)cc3)C23C(=O)c2ccccc2C3=O)cc1. The first-order valence-electron chi connectivity index (χ1n) is 12.0. The van der Waals surface area contributed by atoms with Gasteiger partial charge in [-0.05, 0) is 35.4 Å². The number of ketones is 3. The molecule has 2 aliphatic carbocycles. The van der Waals surface area contributed by atoms with Gasteiger partial charge in [-0.2, -0.15) is 0 Å². The summed E-state index contributed by atoms with van der Waals surface area (Å²) in [6.45, 7) is 0. The first kappa shape index (κ1) is 23.0. The van der Waals surface area contributed by atoms with Gasteiger partial charge >= 0.3 is 0 Å². The summed E-state index contributed by atoms with van der Waals surface area (Å²) < 4.78 is 0. The second-order valence-corrected chi connectivity index (χ2v) is 10.1. The van der Waals surface area contributed by atoms with Crippen LogP contribution in [-0.4, -0.2) is 45.5 Å². The fraction of sp³-hybridized carbons (Fsp3) is 0.300. The Morgan fingerprint density at radius 1 is 0.600 bits per heavy atom. The minimum atomic E-state index is -1.34. The van der Waals surface area contributed by atoms with Crippen LogP contribution >= 0.6 is 0 Å². The van der Waals surface area contributed by atoms with Crippen molar-refractivity contribution in [2.75, 3.05) is 38.0 Å². The number of fused-ring (bicyclic) bond motifs is 1.